The molecule has 0 aromatic heterocycles. The Morgan fingerprint density at radius 1 is 0.889 bits per heavy atom. The smallest absolute Gasteiger partial charge is 0.196 e. The maximum atomic E-state index is 5.90. The van der Waals surface area contributed by atoms with Crippen LogP contribution in [0, 0.1) is 0 Å². The van der Waals surface area contributed by atoms with Crippen LogP contribution in [0.25, 0.3) is 0 Å². The molecule has 0 amide bonds. The third-order valence-corrected chi connectivity index (χ3v) is 4.64. The topological polar surface area (TPSA) is 36.9 Å². The predicted octanol–water partition coefficient (Wildman–Crippen LogP) is 5.82. The number of ether oxygens (including phenoxy) is 4. The van der Waals surface area contributed by atoms with Crippen LogP contribution in [0.2, 0.25) is 0 Å². The van der Waals surface area contributed by atoms with Gasteiger partial charge in [0.05, 0.1) is 18.1 Å². The Morgan fingerprint density at radius 3 is 2.37 bits per heavy atom. The van der Waals surface area contributed by atoms with Gasteiger partial charge >= 0.3 is 0 Å². The molecule has 0 aliphatic heterocycles. The Hall–Kier alpha value is -2.20. The molecule has 4 nitrogen and oxygen atoms in total. The van der Waals surface area contributed by atoms with E-state index in [1.165, 1.54) is 5.57 Å². The van der Waals surface area contributed by atoms with Gasteiger partial charge < -0.3 is 18.9 Å². The van der Waals surface area contributed by atoms with Gasteiger partial charge in [-0.05, 0) is 63.5 Å². The first-order valence-electron chi connectivity index (χ1n) is 9.91. The molecule has 0 spiro atoms. The largest absolute Gasteiger partial charge is 0.496 e. The zero-order chi connectivity index (χ0) is 18.9. The number of rotatable bonds is 9. The standard InChI is InChI=1S/C23H30O4/c1-18-8-10-22(11-9-18)26-19(2)24-16-17-25-20-12-14-23(15-13-20)27-21-6-4-3-5-7-21/h4,6-8,10,12,14,19H,3,5,9,11,13,15-17H2,1-2H3. The molecule has 3 rings (SSSR count). The molecule has 0 fully saturated rings. The lowest BCUT2D eigenvalue weighted by Gasteiger charge is -2.20. The molecule has 4 heteroatoms. The van der Waals surface area contributed by atoms with Crippen molar-refractivity contribution >= 4 is 0 Å². The summed E-state index contributed by atoms with van der Waals surface area (Å²) in [5.41, 5.74) is 1.39. The molecule has 0 bridgehead atoms. The van der Waals surface area contributed by atoms with Crippen molar-refractivity contribution in [3.05, 3.63) is 71.1 Å². The normalized spacial score (nSPS) is 20.6. The van der Waals surface area contributed by atoms with E-state index < -0.39 is 0 Å². The zero-order valence-corrected chi connectivity index (χ0v) is 16.4. The van der Waals surface area contributed by atoms with E-state index in [0.717, 1.165) is 61.6 Å². The highest BCUT2D eigenvalue weighted by atomic mass is 16.7. The highest BCUT2D eigenvalue weighted by molar-refractivity contribution is 5.23. The number of allylic oxidation sites excluding steroid dienone is 11. The zero-order valence-electron chi connectivity index (χ0n) is 16.4. The van der Waals surface area contributed by atoms with Crippen molar-refractivity contribution in [1.82, 2.24) is 0 Å². The summed E-state index contributed by atoms with van der Waals surface area (Å²) in [7, 11) is 0. The van der Waals surface area contributed by atoms with Gasteiger partial charge in [0.1, 0.15) is 18.1 Å². The SMILES string of the molecule is CC1=CC=C(OC(C)OCCOC2=CC=C(OC3=CCCC=C3)CC2)CC1. The fourth-order valence-electron chi connectivity index (χ4n) is 3.08. The lowest BCUT2D eigenvalue weighted by Crippen LogP contribution is -2.17. The third kappa shape index (κ3) is 6.79. The molecule has 0 saturated carbocycles. The second-order valence-electron chi connectivity index (χ2n) is 7.00. The number of hydrogen-bond donors (Lipinski definition) is 0. The summed E-state index contributed by atoms with van der Waals surface area (Å²) in [6.07, 6.45) is 20.1. The summed E-state index contributed by atoms with van der Waals surface area (Å²) < 4.78 is 23.2. The van der Waals surface area contributed by atoms with Gasteiger partial charge in [0.2, 0.25) is 0 Å². The van der Waals surface area contributed by atoms with E-state index in [9.17, 15) is 0 Å². The molecule has 3 aliphatic carbocycles. The molecule has 0 heterocycles. The lowest BCUT2D eigenvalue weighted by atomic mass is 10.1. The van der Waals surface area contributed by atoms with Crippen molar-refractivity contribution in [2.45, 2.75) is 58.7 Å². The highest BCUT2D eigenvalue weighted by Crippen LogP contribution is 2.24. The molecule has 0 aromatic carbocycles. The first-order valence-corrected chi connectivity index (χ1v) is 9.91. The van der Waals surface area contributed by atoms with E-state index in [1.807, 2.05) is 31.2 Å². The maximum Gasteiger partial charge on any atom is 0.196 e. The summed E-state index contributed by atoms with van der Waals surface area (Å²) in [4.78, 5) is 0. The second kappa shape index (κ2) is 10.2. The van der Waals surface area contributed by atoms with Crippen molar-refractivity contribution in [2.75, 3.05) is 13.2 Å². The maximum absolute atomic E-state index is 5.90. The van der Waals surface area contributed by atoms with Crippen LogP contribution in [-0.4, -0.2) is 19.5 Å². The van der Waals surface area contributed by atoms with Crippen molar-refractivity contribution < 1.29 is 18.9 Å². The van der Waals surface area contributed by atoms with Crippen molar-refractivity contribution in [1.29, 1.82) is 0 Å². The van der Waals surface area contributed by atoms with Crippen molar-refractivity contribution in [2.24, 2.45) is 0 Å². The van der Waals surface area contributed by atoms with Crippen LogP contribution in [-0.2, 0) is 18.9 Å². The van der Waals surface area contributed by atoms with Crippen LogP contribution in [0.15, 0.2) is 71.1 Å². The van der Waals surface area contributed by atoms with Crippen molar-refractivity contribution in [3.63, 3.8) is 0 Å². The lowest BCUT2D eigenvalue weighted by molar-refractivity contribution is -0.114. The minimum absolute atomic E-state index is 0.260. The summed E-state index contributed by atoms with van der Waals surface area (Å²) in [5, 5.41) is 0. The van der Waals surface area contributed by atoms with Crippen LogP contribution in [0.1, 0.15) is 52.4 Å². The summed E-state index contributed by atoms with van der Waals surface area (Å²) in [5.74, 6) is 3.91. The highest BCUT2D eigenvalue weighted by Gasteiger charge is 2.12. The van der Waals surface area contributed by atoms with E-state index >= 15 is 0 Å². The van der Waals surface area contributed by atoms with Crippen LogP contribution < -0.4 is 0 Å². The third-order valence-electron chi connectivity index (χ3n) is 4.64. The van der Waals surface area contributed by atoms with Crippen LogP contribution in [0.4, 0.5) is 0 Å². The van der Waals surface area contributed by atoms with Crippen LogP contribution >= 0.6 is 0 Å². The molecular weight excluding hydrogens is 340 g/mol. The minimum atomic E-state index is -0.260. The fourth-order valence-corrected chi connectivity index (χ4v) is 3.08. The van der Waals surface area contributed by atoms with Gasteiger partial charge in [0.25, 0.3) is 0 Å². The van der Waals surface area contributed by atoms with Gasteiger partial charge in [-0.2, -0.15) is 0 Å². The van der Waals surface area contributed by atoms with Crippen LogP contribution in [0.3, 0.4) is 0 Å². The molecule has 1 atom stereocenters. The number of hydrogen-bond acceptors (Lipinski definition) is 4. The predicted molar refractivity (Wildman–Crippen MR) is 106 cm³/mol. The van der Waals surface area contributed by atoms with E-state index in [-0.39, 0.29) is 6.29 Å². The Morgan fingerprint density at radius 2 is 1.67 bits per heavy atom. The van der Waals surface area contributed by atoms with E-state index in [4.69, 9.17) is 18.9 Å². The van der Waals surface area contributed by atoms with Gasteiger partial charge in [-0.25, -0.2) is 0 Å². The average molecular weight is 370 g/mol. The Bertz CT molecular complexity index is 691. The Balaban J connectivity index is 1.32. The molecule has 0 radical (unpaired) electrons. The van der Waals surface area contributed by atoms with Gasteiger partial charge in [-0.3, -0.25) is 0 Å². The molecule has 0 saturated heterocycles. The monoisotopic (exact) mass is 370 g/mol. The van der Waals surface area contributed by atoms with Gasteiger partial charge in [-0.15, -0.1) is 0 Å². The summed E-state index contributed by atoms with van der Waals surface area (Å²) in [6.45, 7) is 5.09. The molecule has 3 aliphatic rings. The summed E-state index contributed by atoms with van der Waals surface area (Å²) >= 11 is 0. The van der Waals surface area contributed by atoms with E-state index in [0.29, 0.717) is 13.2 Å². The Labute approximate surface area is 162 Å². The molecule has 27 heavy (non-hydrogen) atoms. The van der Waals surface area contributed by atoms with Crippen molar-refractivity contribution in [3.8, 4) is 0 Å². The second-order valence-corrected chi connectivity index (χ2v) is 7.00. The Kier molecular flexibility index (Phi) is 7.40. The van der Waals surface area contributed by atoms with Gasteiger partial charge in [0, 0.05) is 19.3 Å². The fraction of sp³-hybridized carbons (Fsp3) is 0.478. The molecule has 146 valence electrons. The average Bonchev–Trinajstić information content (AvgIpc) is 2.69. The summed E-state index contributed by atoms with van der Waals surface area (Å²) in [6, 6.07) is 0. The molecule has 0 aromatic rings. The van der Waals surface area contributed by atoms with E-state index in [2.05, 4.69) is 25.2 Å². The first-order chi connectivity index (χ1) is 13.2. The quantitative estimate of drug-likeness (QED) is 0.379. The molecule has 0 N–H and O–H groups in total. The van der Waals surface area contributed by atoms with Gasteiger partial charge in [0.15, 0.2) is 6.29 Å². The molecular formula is C23H30O4. The van der Waals surface area contributed by atoms with E-state index in [1.54, 1.807) is 0 Å². The van der Waals surface area contributed by atoms with Gasteiger partial charge in [-0.1, -0.05) is 17.7 Å². The first kappa shape index (κ1) is 19.6. The molecule has 1 unspecified atom stereocenters. The van der Waals surface area contributed by atoms with Crippen LogP contribution in [0.5, 0.6) is 0 Å². The minimum Gasteiger partial charge on any atom is -0.496 e.